The van der Waals surface area contributed by atoms with E-state index in [9.17, 15) is 0 Å². The van der Waals surface area contributed by atoms with Crippen LogP contribution in [0.25, 0.3) is 0 Å². The zero-order chi connectivity index (χ0) is 5.28. The van der Waals surface area contributed by atoms with Crippen molar-refractivity contribution < 1.29 is 4.42 Å². The Bertz CT molecular complexity index is 136. The highest BCUT2D eigenvalue weighted by molar-refractivity contribution is 5.11. The van der Waals surface area contributed by atoms with Crippen LogP contribution >= 0.6 is 0 Å². The maximum absolute atomic E-state index is 4.85. The third-order valence-electron chi connectivity index (χ3n) is 0.785. The zero-order valence-corrected chi connectivity index (χ0v) is 4.27. The molecule has 0 unspecified atom stereocenters. The van der Waals surface area contributed by atoms with Crippen LogP contribution in [0.15, 0.2) is 16.7 Å². The van der Waals surface area contributed by atoms with Crippen molar-refractivity contribution in [3.8, 4) is 0 Å². The van der Waals surface area contributed by atoms with Crippen molar-refractivity contribution in [3.63, 3.8) is 0 Å². The smallest absolute Gasteiger partial charge is 0.104 e. The fourth-order valence-electron chi connectivity index (χ4n) is 0.491. The molecule has 0 saturated heterocycles. The summed E-state index contributed by atoms with van der Waals surface area (Å²) in [4.78, 5) is 0. The summed E-state index contributed by atoms with van der Waals surface area (Å²) in [5.74, 6) is 0.734. The Morgan fingerprint density at radius 1 is 1.71 bits per heavy atom. The van der Waals surface area contributed by atoms with Crippen molar-refractivity contribution >= 4 is 0 Å². The Labute approximate surface area is 43.0 Å². The number of rotatable bonds is 0. The van der Waals surface area contributed by atoms with Gasteiger partial charge >= 0.3 is 0 Å². The van der Waals surface area contributed by atoms with Crippen molar-refractivity contribution in [1.29, 1.82) is 0 Å². The van der Waals surface area contributed by atoms with Gasteiger partial charge in [0.25, 0.3) is 0 Å². The SMILES string of the molecule is [CH2]c1cc(C)co1. The van der Waals surface area contributed by atoms with Crippen LogP contribution in [0.2, 0.25) is 0 Å². The van der Waals surface area contributed by atoms with Crippen LogP contribution in [-0.2, 0) is 0 Å². The second-order valence-corrected chi connectivity index (χ2v) is 1.59. The average Bonchev–Trinajstić information content (AvgIpc) is 1.87. The minimum Gasteiger partial charge on any atom is -0.469 e. The largest absolute Gasteiger partial charge is 0.469 e. The molecule has 1 nitrogen and oxygen atoms in total. The second kappa shape index (κ2) is 1.41. The zero-order valence-electron chi connectivity index (χ0n) is 4.27. The molecule has 1 aromatic heterocycles. The van der Waals surface area contributed by atoms with E-state index in [1.54, 1.807) is 6.26 Å². The summed E-state index contributed by atoms with van der Waals surface area (Å²) in [6.45, 7) is 5.55. The fourth-order valence-corrected chi connectivity index (χ4v) is 0.491. The van der Waals surface area contributed by atoms with E-state index in [0.717, 1.165) is 11.3 Å². The minimum absolute atomic E-state index is 0.734. The van der Waals surface area contributed by atoms with E-state index in [-0.39, 0.29) is 0 Å². The summed E-state index contributed by atoms with van der Waals surface area (Å²) in [6.07, 6.45) is 1.68. The van der Waals surface area contributed by atoms with Crippen LogP contribution in [-0.4, -0.2) is 0 Å². The molecule has 0 spiro atoms. The lowest BCUT2D eigenvalue weighted by molar-refractivity contribution is 0.547. The molecule has 0 amide bonds. The van der Waals surface area contributed by atoms with Crippen molar-refractivity contribution in [3.05, 3.63) is 30.6 Å². The molecular weight excluding hydrogens is 88.1 g/mol. The first-order valence-corrected chi connectivity index (χ1v) is 2.16. The van der Waals surface area contributed by atoms with Crippen LogP contribution in [0.4, 0.5) is 0 Å². The standard InChI is InChI=1S/C6H7O/c1-5-3-6(2)7-4-5/h3-4H,2H2,1H3. The summed E-state index contributed by atoms with van der Waals surface area (Å²) in [7, 11) is 0. The summed E-state index contributed by atoms with van der Waals surface area (Å²) < 4.78 is 4.85. The molecule has 7 heavy (non-hydrogen) atoms. The predicted molar refractivity (Wildman–Crippen MR) is 27.9 cm³/mol. The lowest BCUT2D eigenvalue weighted by Gasteiger charge is -1.69. The van der Waals surface area contributed by atoms with Gasteiger partial charge < -0.3 is 4.42 Å². The predicted octanol–water partition coefficient (Wildman–Crippen LogP) is 1.77. The number of aryl methyl sites for hydroxylation is 1. The quantitative estimate of drug-likeness (QED) is 0.478. The van der Waals surface area contributed by atoms with Gasteiger partial charge in [-0.25, -0.2) is 0 Å². The Kier molecular flexibility index (Phi) is 0.895. The van der Waals surface area contributed by atoms with E-state index in [4.69, 9.17) is 4.42 Å². The van der Waals surface area contributed by atoms with Crippen molar-refractivity contribution in [2.24, 2.45) is 0 Å². The Hall–Kier alpha value is -0.720. The topological polar surface area (TPSA) is 13.1 Å². The second-order valence-electron chi connectivity index (χ2n) is 1.59. The molecule has 1 aromatic rings. The molecule has 0 saturated carbocycles. The van der Waals surface area contributed by atoms with E-state index >= 15 is 0 Å². The first-order chi connectivity index (χ1) is 3.29. The van der Waals surface area contributed by atoms with Gasteiger partial charge in [0.15, 0.2) is 0 Å². The van der Waals surface area contributed by atoms with Gasteiger partial charge in [0.05, 0.1) is 6.26 Å². The van der Waals surface area contributed by atoms with Gasteiger partial charge in [-0.1, -0.05) is 0 Å². The van der Waals surface area contributed by atoms with Gasteiger partial charge in [0.2, 0.25) is 0 Å². The molecule has 0 N–H and O–H groups in total. The van der Waals surface area contributed by atoms with Crippen LogP contribution in [0.5, 0.6) is 0 Å². The van der Waals surface area contributed by atoms with Crippen LogP contribution in [0.3, 0.4) is 0 Å². The monoisotopic (exact) mass is 95.0 g/mol. The lowest BCUT2D eigenvalue weighted by Crippen LogP contribution is -1.53. The maximum atomic E-state index is 4.85. The normalized spacial score (nSPS) is 9.43. The average molecular weight is 95.1 g/mol. The molecule has 1 heteroatoms. The summed E-state index contributed by atoms with van der Waals surface area (Å²) in [6, 6.07) is 1.89. The molecule has 0 fully saturated rings. The van der Waals surface area contributed by atoms with Gasteiger partial charge in [-0.3, -0.25) is 0 Å². The molecule has 0 bridgehead atoms. The highest BCUT2D eigenvalue weighted by atomic mass is 16.3. The van der Waals surface area contributed by atoms with E-state index in [1.165, 1.54) is 0 Å². The van der Waals surface area contributed by atoms with Gasteiger partial charge in [0.1, 0.15) is 5.76 Å². The first-order valence-electron chi connectivity index (χ1n) is 2.16. The summed E-state index contributed by atoms with van der Waals surface area (Å²) in [5, 5.41) is 0. The van der Waals surface area contributed by atoms with Crippen LogP contribution in [0, 0.1) is 13.8 Å². The maximum Gasteiger partial charge on any atom is 0.104 e. The van der Waals surface area contributed by atoms with Gasteiger partial charge in [-0.05, 0) is 18.6 Å². The van der Waals surface area contributed by atoms with Crippen molar-refractivity contribution in [2.75, 3.05) is 0 Å². The number of hydrogen-bond donors (Lipinski definition) is 0. The molecule has 0 aliphatic heterocycles. The molecule has 1 rings (SSSR count). The Balaban J connectivity index is 3.04. The van der Waals surface area contributed by atoms with E-state index < -0.39 is 0 Å². The fraction of sp³-hybridized carbons (Fsp3) is 0.167. The molecule has 1 radical (unpaired) electrons. The van der Waals surface area contributed by atoms with Gasteiger partial charge in [-0.2, -0.15) is 0 Å². The molecule has 1 heterocycles. The third kappa shape index (κ3) is 0.829. The van der Waals surface area contributed by atoms with Gasteiger partial charge in [0, 0.05) is 6.92 Å². The van der Waals surface area contributed by atoms with Crippen LogP contribution < -0.4 is 0 Å². The number of hydrogen-bond acceptors (Lipinski definition) is 1. The molecule has 37 valence electrons. The summed E-state index contributed by atoms with van der Waals surface area (Å²) in [5.41, 5.74) is 1.13. The highest BCUT2D eigenvalue weighted by Crippen LogP contribution is 2.02. The number of furan rings is 1. The summed E-state index contributed by atoms with van der Waals surface area (Å²) >= 11 is 0. The van der Waals surface area contributed by atoms with Crippen LogP contribution in [0.1, 0.15) is 11.3 Å². The van der Waals surface area contributed by atoms with E-state index in [0.29, 0.717) is 0 Å². The van der Waals surface area contributed by atoms with Crippen molar-refractivity contribution in [1.82, 2.24) is 0 Å². The van der Waals surface area contributed by atoms with E-state index in [2.05, 4.69) is 6.92 Å². The molecule has 0 aromatic carbocycles. The minimum atomic E-state index is 0.734. The highest BCUT2D eigenvalue weighted by Gasteiger charge is 1.86. The van der Waals surface area contributed by atoms with E-state index in [1.807, 2.05) is 13.0 Å². The Morgan fingerprint density at radius 2 is 2.43 bits per heavy atom. The Morgan fingerprint density at radius 3 is 2.57 bits per heavy atom. The van der Waals surface area contributed by atoms with Gasteiger partial charge in [-0.15, -0.1) is 0 Å². The van der Waals surface area contributed by atoms with Crippen molar-refractivity contribution in [2.45, 2.75) is 6.92 Å². The molecule has 0 aliphatic rings. The molecule has 0 aliphatic carbocycles. The lowest BCUT2D eigenvalue weighted by atomic mass is 10.4. The third-order valence-corrected chi connectivity index (χ3v) is 0.785. The first kappa shape index (κ1) is 4.44. The molecule has 0 atom stereocenters. The molecular formula is C6H7O.